The molecule has 1 aromatic heterocycles. The molecule has 0 fully saturated rings. The van der Waals surface area contributed by atoms with Crippen LogP contribution in [0.4, 0.5) is 5.13 Å². The van der Waals surface area contributed by atoms with Crippen LogP contribution < -0.4 is 14.9 Å². The van der Waals surface area contributed by atoms with E-state index in [-0.39, 0.29) is 0 Å². The van der Waals surface area contributed by atoms with Crippen LogP contribution in [0.1, 0.15) is 5.56 Å². The van der Waals surface area contributed by atoms with Crippen LogP contribution in [0, 0.1) is 0 Å². The number of carboxylic acids is 1. The number of carboxylic acid groups (broad SMARTS) is 1. The number of nitrogens with zero attached hydrogens (tertiary/aromatic N) is 2. The van der Waals surface area contributed by atoms with E-state index < -0.39 is 12.6 Å². The zero-order valence-corrected chi connectivity index (χ0v) is 16.0. The number of anilines is 1. The molecule has 3 aromatic rings. The molecule has 0 aliphatic carbocycles. The van der Waals surface area contributed by atoms with Gasteiger partial charge in [0.1, 0.15) is 0 Å². The lowest BCUT2D eigenvalue weighted by molar-refractivity contribution is -0.139. The third-order valence-corrected chi connectivity index (χ3v) is 4.79. The van der Waals surface area contributed by atoms with Crippen molar-refractivity contribution >= 4 is 54.8 Å². The summed E-state index contributed by atoms with van der Waals surface area (Å²) in [5, 5.41) is 13.6. The number of carbonyl (C=O) groups is 1. The summed E-state index contributed by atoms with van der Waals surface area (Å²) < 4.78 is 12.2. The third kappa shape index (κ3) is 4.30. The second-order valence-corrected chi connectivity index (χ2v) is 6.96. The molecular weight excluding hydrogens is 422 g/mol. The topological polar surface area (TPSA) is 93.0 Å². The number of aromatic nitrogens is 1. The van der Waals surface area contributed by atoms with Crippen molar-refractivity contribution in [1.29, 1.82) is 0 Å². The number of benzene rings is 2. The van der Waals surface area contributed by atoms with Gasteiger partial charge in [0.15, 0.2) is 18.1 Å². The summed E-state index contributed by atoms with van der Waals surface area (Å²) in [4.78, 5) is 15.1. The molecule has 1 heterocycles. The predicted molar refractivity (Wildman–Crippen MR) is 105 cm³/mol. The first kappa shape index (κ1) is 18.2. The van der Waals surface area contributed by atoms with Crippen LogP contribution in [0.15, 0.2) is 46.0 Å². The molecule has 0 saturated heterocycles. The molecule has 0 atom stereocenters. The Bertz CT molecular complexity index is 941. The largest absolute Gasteiger partial charge is 0.493 e. The maximum Gasteiger partial charge on any atom is 0.341 e. The average Bonchev–Trinajstić information content (AvgIpc) is 3.03. The maximum absolute atomic E-state index is 10.7. The summed E-state index contributed by atoms with van der Waals surface area (Å²) in [7, 11) is 1.48. The van der Waals surface area contributed by atoms with Crippen LogP contribution in [0.25, 0.3) is 10.2 Å². The van der Waals surface area contributed by atoms with Gasteiger partial charge in [-0.05, 0) is 45.8 Å². The van der Waals surface area contributed by atoms with Gasteiger partial charge >= 0.3 is 5.97 Å². The fraction of sp³-hybridized carbons (Fsp3) is 0.118. The van der Waals surface area contributed by atoms with Crippen LogP contribution in [-0.2, 0) is 4.79 Å². The summed E-state index contributed by atoms with van der Waals surface area (Å²) in [6, 6.07) is 11.3. The molecule has 26 heavy (non-hydrogen) atoms. The van der Waals surface area contributed by atoms with Gasteiger partial charge in [-0.3, -0.25) is 5.43 Å². The molecule has 0 bridgehead atoms. The van der Waals surface area contributed by atoms with Gasteiger partial charge in [-0.25, -0.2) is 9.78 Å². The highest BCUT2D eigenvalue weighted by molar-refractivity contribution is 9.10. The van der Waals surface area contributed by atoms with E-state index in [1.807, 2.05) is 24.3 Å². The van der Waals surface area contributed by atoms with E-state index in [0.717, 1.165) is 15.8 Å². The van der Waals surface area contributed by atoms with Crippen molar-refractivity contribution < 1.29 is 19.4 Å². The van der Waals surface area contributed by atoms with Gasteiger partial charge < -0.3 is 14.6 Å². The van der Waals surface area contributed by atoms with Gasteiger partial charge in [0.25, 0.3) is 0 Å². The van der Waals surface area contributed by atoms with Gasteiger partial charge in [-0.2, -0.15) is 5.10 Å². The molecule has 0 aliphatic heterocycles. The first-order valence-electron chi connectivity index (χ1n) is 7.43. The van der Waals surface area contributed by atoms with Gasteiger partial charge in [0.2, 0.25) is 5.13 Å². The molecule has 7 nitrogen and oxygen atoms in total. The van der Waals surface area contributed by atoms with Gasteiger partial charge in [-0.15, -0.1) is 0 Å². The minimum atomic E-state index is -1.07. The molecular formula is C17H14BrN3O4S. The molecule has 9 heteroatoms. The van der Waals surface area contributed by atoms with Crippen molar-refractivity contribution in [1.82, 2.24) is 4.98 Å². The molecule has 2 N–H and O–H groups in total. The highest BCUT2D eigenvalue weighted by atomic mass is 79.9. The smallest absolute Gasteiger partial charge is 0.341 e. The fourth-order valence-electron chi connectivity index (χ4n) is 2.17. The van der Waals surface area contributed by atoms with Crippen molar-refractivity contribution in [3.8, 4) is 11.5 Å². The van der Waals surface area contributed by atoms with Crippen molar-refractivity contribution in [2.75, 3.05) is 19.1 Å². The van der Waals surface area contributed by atoms with E-state index in [0.29, 0.717) is 21.1 Å². The van der Waals surface area contributed by atoms with Crippen molar-refractivity contribution in [2.45, 2.75) is 0 Å². The molecule has 0 saturated carbocycles. The zero-order chi connectivity index (χ0) is 18.5. The number of methoxy groups -OCH3 is 1. The Morgan fingerprint density at radius 3 is 2.96 bits per heavy atom. The Morgan fingerprint density at radius 2 is 2.23 bits per heavy atom. The molecule has 3 rings (SSSR count). The lowest BCUT2D eigenvalue weighted by Crippen LogP contribution is -2.10. The van der Waals surface area contributed by atoms with Crippen LogP contribution >= 0.6 is 27.3 Å². The molecule has 0 radical (unpaired) electrons. The highest BCUT2D eigenvalue weighted by Crippen LogP contribution is 2.36. The van der Waals surface area contributed by atoms with Crippen molar-refractivity contribution in [3.63, 3.8) is 0 Å². The second kappa shape index (κ2) is 8.15. The van der Waals surface area contributed by atoms with Gasteiger partial charge in [0.05, 0.1) is 28.0 Å². The predicted octanol–water partition coefficient (Wildman–Crippen LogP) is 3.98. The number of thiazole rings is 1. The minimum Gasteiger partial charge on any atom is -0.493 e. The highest BCUT2D eigenvalue weighted by Gasteiger charge is 2.12. The first-order valence-corrected chi connectivity index (χ1v) is 9.04. The summed E-state index contributed by atoms with van der Waals surface area (Å²) in [6.07, 6.45) is 1.61. The quantitative estimate of drug-likeness (QED) is 0.430. The normalized spacial score (nSPS) is 11.0. The summed E-state index contributed by atoms with van der Waals surface area (Å²) in [6.45, 7) is -0.457. The van der Waals surface area contributed by atoms with E-state index in [1.54, 1.807) is 18.3 Å². The number of hydrogen-bond acceptors (Lipinski definition) is 7. The maximum atomic E-state index is 10.7. The van der Waals surface area contributed by atoms with Crippen LogP contribution in [-0.4, -0.2) is 36.0 Å². The Labute approximate surface area is 161 Å². The lowest BCUT2D eigenvalue weighted by atomic mass is 10.2. The monoisotopic (exact) mass is 435 g/mol. The minimum absolute atomic E-state index is 0.325. The lowest BCUT2D eigenvalue weighted by Gasteiger charge is -2.12. The van der Waals surface area contributed by atoms with E-state index in [9.17, 15) is 4.79 Å². The molecule has 0 spiro atoms. The molecule has 0 aliphatic rings. The zero-order valence-electron chi connectivity index (χ0n) is 13.6. The molecule has 0 amide bonds. The van der Waals surface area contributed by atoms with E-state index in [4.69, 9.17) is 14.6 Å². The number of ether oxygens (including phenoxy) is 2. The first-order chi connectivity index (χ1) is 12.6. The van der Waals surface area contributed by atoms with E-state index in [2.05, 4.69) is 31.4 Å². The van der Waals surface area contributed by atoms with Crippen LogP contribution in [0.3, 0.4) is 0 Å². The number of aliphatic carboxylic acids is 1. The number of para-hydroxylation sites is 1. The number of hydrogen-bond donors (Lipinski definition) is 2. The fourth-order valence-corrected chi connectivity index (χ4v) is 3.56. The molecule has 134 valence electrons. The number of fused-ring (bicyclic) bond motifs is 1. The Balaban J connectivity index is 1.75. The number of hydrazone groups is 1. The summed E-state index contributed by atoms with van der Waals surface area (Å²) in [5.74, 6) is -0.335. The number of rotatable bonds is 7. The molecule has 0 unspecified atom stereocenters. The summed E-state index contributed by atoms with van der Waals surface area (Å²) in [5.41, 5.74) is 4.56. The van der Waals surface area contributed by atoms with E-state index >= 15 is 0 Å². The Kier molecular flexibility index (Phi) is 5.69. The average molecular weight is 436 g/mol. The second-order valence-electron chi connectivity index (χ2n) is 5.07. The number of halogens is 1. The van der Waals surface area contributed by atoms with Gasteiger partial charge in [0, 0.05) is 0 Å². The SMILES string of the molecule is COc1cc(/C=N\Nc2nc3ccccc3s2)cc(Br)c1OCC(=O)O. The summed E-state index contributed by atoms with van der Waals surface area (Å²) >= 11 is 4.87. The van der Waals surface area contributed by atoms with Crippen LogP contribution in [0.5, 0.6) is 11.5 Å². The van der Waals surface area contributed by atoms with E-state index in [1.165, 1.54) is 18.4 Å². The molecule has 2 aromatic carbocycles. The standard InChI is InChI=1S/C17H14BrN3O4S/c1-24-13-7-10(6-11(18)16(13)25-9-15(22)23)8-19-21-17-20-12-4-2-3-5-14(12)26-17/h2-8H,9H2,1H3,(H,20,21)(H,22,23)/b19-8-. The number of nitrogens with one attached hydrogen (secondary N) is 1. The Hall–Kier alpha value is -2.65. The Morgan fingerprint density at radius 1 is 1.42 bits per heavy atom. The van der Waals surface area contributed by atoms with Crippen molar-refractivity contribution in [3.05, 3.63) is 46.4 Å². The third-order valence-electron chi connectivity index (χ3n) is 3.26. The van der Waals surface area contributed by atoms with Crippen molar-refractivity contribution in [2.24, 2.45) is 5.10 Å². The van der Waals surface area contributed by atoms with Crippen LogP contribution in [0.2, 0.25) is 0 Å². The van der Waals surface area contributed by atoms with Gasteiger partial charge in [-0.1, -0.05) is 23.5 Å².